The Morgan fingerprint density at radius 3 is 1.54 bits per heavy atom. The minimum atomic E-state index is 0.132. The van der Waals surface area contributed by atoms with Crippen molar-refractivity contribution >= 4 is 11.0 Å². The highest BCUT2D eigenvalue weighted by atomic mass is 16.3. The molecule has 2 aromatic carbocycles. The summed E-state index contributed by atoms with van der Waals surface area (Å²) in [5.41, 5.74) is 2.63. The number of unbranched alkanes of at least 4 members (excludes halogenated alkanes) is 17. The number of hydrogen-bond acceptors (Lipinski definition) is 2. The van der Waals surface area contributed by atoms with Crippen LogP contribution in [-0.4, -0.2) is 0 Å². The molecule has 0 N–H and O–H groups in total. The van der Waals surface area contributed by atoms with E-state index >= 15 is 0 Å². The second-order valence-corrected chi connectivity index (χ2v) is 10.9. The molecule has 0 saturated carbocycles. The molecular weight excluding hydrogens is 452 g/mol. The molecule has 1 aromatic heterocycles. The summed E-state index contributed by atoms with van der Waals surface area (Å²) in [4.78, 5) is 13.3. The van der Waals surface area contributed by atoms with E-state index in [0.717, 1.165) is 29.7 Å². The third-order valence-electron chi connectivity index (χ3n) is 7.71. The number of para-hydroxylation sites is 1. The van der Waals surface area contributed by atoms with Crippen LogP contribution in [0.4, 0.5) is 0 Å². The first kappa shape index (κ1) is 29.2. The van der Waals surface area contributed by atoms with Gasteiger partial charge in [0.2, 0.25) is 0 Å². The van der Waals surface area contributed by atoms with Gasteiger partial charge in [-0.1, -0.05) is 159 Å². The molecule has 0 atom stereocenters. The summed E-state index contributed by atoms with van der Waals surface area (Å²) in [5, 5.41) is 0.694. The molecule has 3 rings (SSSR count). The summed E-state index contributed by atoms with van der Waals surface area (Å²) < 4.78 is 6.25. The molecule has 0 unspecified atom stereocenters. The minimum Gasteiger partial charge on any atom is -0.456 e. The second-order valence-electron chi connectivity index (χ2n) is 10.9. The quantitative estimate of drug-likeness (QED) is 0.144. The molecular formula is C35H50O2. The Balaban J connectivity index is 1.27. The molecule has 0 amide bonds. The Bertz CT molecular complexity index is 1050. The summed E-state index contributed by atoms with van der Waals surface area (Å²) in [7, 11) is 0. The Kier molecular flexibility index (Phi) is 14.2. The van der Waals surface area contributed by atoms with E-state index in [1.54, 1.807) is 0 Å². The number of rotatable bonds is 20. The van der Waals surface area contributed by atoms with Gasteiger partial charge in [0.1, 0.15) is 11.3 Å². The average molecular weight is 503 g/mol. The first-order valence-electron chi connectivity index (χ1n) is 15.4. The van der Waals surface area contributed by atoms with Gasteiger partial charge in [0.25, 0.3) is 0 Å². The van der Waals surface area contributed by atoms with E-state index in [1.807, 2.05) is 54.6 Å². The summed E-state index contributed by atoms with van der Waals surface area (Å²) in [6, 6.07) is 17.7. The van der Waals surface area contributed by atoms with Gasteiger partial charge in [0.05, 0.1) is 5.39 Å². The molecule has 0 radical (unpaired) electrons. The van der Waals surface area contributed by atoms with Crippen LogP contribution in [-0.2, 0) is 6.42 Å². The lowest BCUT2D eigenvalue weighted by molar-refractivity contribution is 0.524. The van der Waals surface area contributed by atoms with E-state index in [-0.39, 0.29) is 5.43 Å². The van der Waals surface area contributed by atoms with E-state index in [4.69, 9.17) is 4.42 Å². The molecule has 37 heavy (non-hydrogen) atoms. The highest BCUT2D eigenvalue weighted by Crippen LogP contribution is 2.27. The number of hydrogen-bond donors (Lipinski definition) is 0. The molecule has 0 spiro atoms. The van der Waals surface area contributed by atoms with E-state index in [2.05, 4.69) is 6.92 Å². The van der Waals surface area contributed by atoms with Crippen LogP contribution in [0.5, 0.6) is 0 Å². The normalized spacial score (nSPS) is 11.4. The minimum absolute atomic E-state index is 0.132. The molecule has 0 aliphatic heterocycles. The van der Waals surface area contributed by atoms with Gasteiger partial charge in [-0.25, -0.2) is 0 Å². The Labute approximate surface area is 225 Å². The highest BCUT2D eigenvalue weighted by Gasteiger charge is 2.15. The van der Waals surface area contributed by atoms with Gasteiger partial charge in [0, 0.05) is 11.1 Å². The van der Waals surface area contributed by atoms with Crippen LogP contribution in [0.15, 0.2) is 63.8 Å². The molecule has 0 aliphatic carbocycles. The van der Waals surface area contributed by atoms with Crippen molar-refractivity contribution in [3.05, 3.63) is 70.4 Å². The van der Waals surface area contributed by atoms with Gasteiger partial charge in [-0.05, 0) is 25.0 Å². The van der Waals surface area contributed by atoms with Crippen molar-refractivity contribution in [3.63, 3.8) is 0 Å². The van der Waals surface area contributed by atoms with Crippen molar-refractivity contribution in [3.8, 4) is 11.3 Å². The Morgan fingerprint density at radius 1 is 0.541 bits per heavy atom. The van der Waals surface area contributed by atoms with Gasteiger partial charge >= 0.3 is 0 Å². The fraction of sp³-hybridized carbons (Fsp3) is 0.571. The highest BCUT2D eigenvalue weighted by molar-refractivity contribution is 5.80. The van der Waals surface area contributed by atoms with Crippen molar-refractivity contribution in [1.82, 2.24) is 0 Å². The molecule has 202 valence electrons. The van der Waals surface area contributed by atoms with Crippen LogP contribution in [0.1, 0.15) is 128 Å². The summed E-state index contributed by atoms with van der Waals surface area (Å²) in [6.45, 7) is 2.29. The van der Waals surface area contributed by atoms with Crippen molar-refractivity contribution in [2.45, 2.75) is 129 Å². The number of benzene rings is 2. The first-order chi connectivity index (χ1) is 18.3. The van der Waals surface area contributed by atoms with Crippen LogP contribution in [0.2, 0.25) is 0 Å². The predicted molar refractivity (Wildman–Crippen MR) is 160 cm³/mol. The van der Waals surface area contributed by atoms with Gasteiger partial charge in [-0.15, -0.1) is 0 Å². The first-order valence-corrected chi connectivity index (χ1v) is 15.4. The monoisotopic (exact) mass is 502 g/mol. The van der Waals surface area contributed by atoms with Gasteiger partial charge < -0.3 is 4.42 Å². The zero-order valence-corrected chi connectivity index (χ0v) is 23.4. The van der Waals surface area contributed by atoms with Gasteiger partial charge in [-0.2, -0.15) is 0 Å². The molecule has 0 saturated heterocycles. The maximum atomic E-state index is 13.3. The molecule has 0 fully saturated rings. The smallest absolute Gasteiger partial charge is 0.196 e. The maximum absolute atomic E-state index is 13.3. The Morgan fingerprint density at radius 2 is 1.00 bits per heavy atom. The molecule has 0 aliphatic rings. The van der Waals surface area contributed by atoms with Crippen LogP contribution in [0, 0.1) is 0 Å². The molecule has 2 heteroatoms. The van der Waals surface area contributed by atoms with Crippen LogP contribution in [0.25, 0.3) is 22.3 Å². The van der Waals surface area contributed by atoms with Crippen molar-refractivity contribution < 1.29 is 4.42 Å². The van der Waals surface area contributed by atoms with Crippen molar-refractivity contribution in [2.24, 2.45) is 0 Å². The van der Waals surface area contributed by atoms with Gasteiger partial charge in [-0.3, -0.25) is 4.79 Å². The van der Waals surface area contributed by atoms with Gasteiger partial charge in [0.15, 0.2) is 5.43 Å². The van der Waals surface area contributed by atoms with E-state index in [1.165, 1.54) is 109 Å². The third-order valence-corrected chi connectivity index (χ3v) is 7.71. The fourth-order valence-electron chi connectivity index (χ4n) is 5.43. The standard InChI is InChI=1S/C35H50O2/c1-2-3-4-5-6-7-8-9-10-11-12-13-14-15-16-17-18-22-28-32-34(36)31-27-23-24-29-33(31)37-35(32)30-25-20-19-21-26-30/h19-21,23-27,29H,2-18,22,28H2,1H3. The molecule has 1 heterocycles. The van der Waals surface area contributed by atoms with Crippen LogP contribution < -0.4 is 5.43 Å². The van der Waals surface area contributed by atoms with E-state index in [9.17, 15) is 4.79 Å². The maximum Gasteiger partial charge on any atom is 0.196 e. The van der Waals surface area contributed by atoms with E-state index in [0.29, 0.717) is 11.0 Å². The molecule has 2 nitrogen and oxygen atoms in total. The lowest BCUT2D eigenvalue weighted by Crippen LogP contribution is -2.11. The number of fused-ring (bicyclic) bond motifs is 1. The van der Waals surface area contributed by atoms with Crippen LogP contribution >= 0.6 is 0 Å². The van der Waals surface area contributed by atoms with E-state index < -0.39 is 0 Å². The third kappa shape index (κ3) is 10.5. The lowest BCUT2D eigenvalue weighted by atomic mass is 9.99. The largest absolute Gasteiger partial charge is 0.456 e. The average Bonchev–Trinajstić information content (AvgIpc) is 2.93. The summed E-state index contributed by atoms with van der Waals surface area (Å²) >= 11 is 0. The lowest BCUT2D eigenvalue weighted by Gasteiger charge is -2.10. The fourth-order valence-corrected chi connectivity index (χ4v) is 5.43. The zero-order valence-electron chi connectivity index (χ0n) is 23.4. The Hall–Kier alpha value is -2.35. The molecule has 3 aromatic rings. The topological polar surface area (TPSA) is 30.2 Å². The van der Waals surface area contributed by atoms with Crippen molar-refractivity contribution in [1.29, 1.82) is 0 Å². The van der Waals surface area contributed by atoms with Crippen LogP contribution in [0.3, 0.4) is 0 Å². The zero-order chi connectivity index (χ0) is 26.0. The molecule has 0 bridgehead atoms. The summed E-state index contributed by atoms with van der Waals surface area (Å²) in [5.74, 6) is 0.747. The summed E-state index contributed by atoms with van der Waals surface area (Å²) in [6.07, 6.45) is 25.4. The SMILES string of the molecule is CCCCCCCCCCCCCCCCCCCCc1c(-c2ccccc2)oc2ccccc2c1=O. The predicted octanol–water partition coefficient (Wildman–Crippen LogP) is 11.0. The second kappa shape index (κ2) is 18.0. The van der Waals surface area contributed by atoms with Crippen molar-refractivity contribution in [2.75, 3.05) is 0 Å².